The van der Waals surface area contributed by atoms with Gasteiger partial charge >= 0.3 is 0 Å². The summed E-state index contributed by atoms with van der Waals surface area (Å²) in [6.45, 7) is 5.48. The molecule has 0 aromatic carbocycles. The molecular formula is C12H21N3O. The highest BCUT2D eigenvalue weighted by molar-refractivity contribution is 5.04. The quantitative estimate of drug-likeness (QED) is 0.849. The minimum absolute atomic E-state index is 0.312. The molecule has 0 aliphatic heterocycles. The Kier molecular flexibility index (Phi) is 3.28. The van der Waals surface area contributed by atoms with E-state index in [1.807, 2.05) is 7.05 Å². The summed E-state index contributed by atoms with van der Waals surface area (Å²) >= 11 is 0. The topological polar surface area (TPSA) is 51.0 Å². The van der Waals surface area contributed by atoms with Gasteiger partial charge in [0.25, 0.3) is 0 Å². The number of likely N-dealkylation sites (N-methyl/N-ethyl adjacent to an activating group) is 1. The fraction of sp³-hybridized carbons (Fsp3) is 0.833. The molecule has 1 unspecified atom stereocenters. The number of hydrogen-bond acceptors (Lipinski definition) is 4. The Morgan fingerprint density at radius 1 is 1.50 bits per heavy atom. The summed E-state index contributed by atoms with van der Waals surface area (Å²) in [7, 11) is 1.93. The average Bonchev–Trinajstić information content (AvgIpc) is 2.81. The highest BCUT2D eigenvalue weighted by Gasteiger charge is 2.38. The molecule has 16 heavy (non-hydrogen) atoms. The lowest BCUT2D eigenvalue weighted by atomic mass is 9.82. The van der Waals surface area contributed by atoms with Crippen LogP contribution < -0.4 is 5.32 Å². The van der Waals surface area contributed by atoms with Gasteiger partial charge in [0.1, 0.15) is 0 Å². The molecule has 0 bridgehead atoms. The number of rotatable bonds is 4. The Bertz CT molecular complexity index is 346. The van der Waals surface area contributed by atoms with Crippen molar-refractivity contribution in [2.45, 2.75) is 45.4 Å². The van der Waals surface area contributed by atoms with Crippen LogP contribution in [-0.2, 0) is 6.42 Å². The van der Waals surface area contributed by atoms with Crippen LogP contribution in [0.2, 0.25) is 0 Å². The summed E-state index contributed by atoms with van der Waals surface area (Å²) in [5, 5.41) is 7.13. The maximum Gasteiger partial charge on any atom is 0.230 e. The minimum atomic E-state index is 0.312. The summed E-state index contributed by atoms with van der Waals surface area (Å²) < 4.78 is 5.39. The van der Waals surface area contributed by atoms with E-state index in [1.165, 1.54) is 19.3 Å². The fourth-order valence-electron chi connectivity index (χ4n) is 2.53. The molecule has 1 N–H and O–H groups in total. The van der Waals surface area contributed by atoms with Crippen LogP contribution in [0.3, 0.4) is 0 Å². The third-order valence-electron chi connectivity index (χ3n) is 3.64. The molecule has 0 amide bonds. The summed E-state index contributed by atoms with van der Waals surface area (Å²) in [6.07, 6.45) is 4.55. The molecule has 90 valence electrons. The first-order valence-corrected chi connectivity index (χ1v) is 6.10. The average molecular weight is 223 g/mol. The molecule has 1 aromatic rings. The third kappa shape index (κ3) is 2.26. The zero-order valence-electron chi connectivity index (χ0n) is 10.4. The van der Waals surface area contributed by atoms with E-state index in [2.05, 4.69) is 29.3 Å². The van der Waals surface area contributed by atoms with Crippen LogP contribution in [0.4, 0.5) is 0 Å². The third-order valence-corrected chi connectivity index (χ3v) is 3.64. The van der Waals surface area contributed by atoms with E-state index in [-0.39, 0.29) is 0 Å². The number of hydrogen-bond donors (Lipinski definition) is 1. The molecule has 0 spiro atoms. The van der Waals surface area contributed by atoms with Crippen molar-refractivity contribution < 1.29 is 4.52 Å². The van der Waals surface area contributed by atoms with Gasteiger partial charge in [-0.05, 0) is 25.3 Å². The molecule has 1 heterocycles. The Labute approximate surface area is 96.8 Å². The van der Waals surface area contributed by atoms with E-state index in [0.29, 0.717) is 11.3 Å². The first kappa shape index (κ1) is 11.6. The van der Waals surface area contributed by atoms with Gasteiger partial charge in [-0.2, -0.15) is 4.98 Å². The smallest absolute Gasteiger partial charge is 0.230 e. The Morgan fingerprint density at radius 2 is 2.31 bits per heavy atom. The van der Waals surface area contributed by atoms with Crippen LogP contribution in [0.1, 0.15) is 50.7 Å². The number of nitrogens with zero attached hydrogens (tertiary/aromatic N) is 2. The second-order valence-corrected chi connectivity index (χ2v) is 5.34. The van der Waals surface area contributed by atoms with Crippen LogP contribution in [0.25, 0.3) is 0 Å². The monoisotopic (exact) mass is 223 g/mol. The van der Waals surface area contributed by atoms with E-state index < -0.39 is 0 Å². The molecule has 4 nitrogen and oxygen atoms in total. The van der Waals surface area contributed by atoms with Gasteiger partial charge in [-0.1, -0.05) is 25.4 Å². The minimum Gasteiger partial charge on any atom is -0.339 e. The van der Waals surface area contributed by atoms with Gasteiger partial charge in [0, 0.05) is 18.9 Å². The molecule has 1 aliphatic rings. The van der Waals surface area contributed by atoms with Crippen molar-refractivity contribution in [3.63, 3.8) is 0 Å². The fourth-order valence-corrected chi connectivity index (χ4v) is 2.53. The zero-order chi connectivity index (χ0) is 11.6. The van der Waals surface area contributed by atoms with Crippen LogP contribution in [0.15, 0.2) is 4.52 Å². The lowest BCUT2D eigenvalue weighted by Gasteiger charge is -2.23. The van der Waals surface area contributed by atoms with Gasteiger partial charge in [-0.25, -0.2) is 0 Å². The Morgan fingerprint density at radius 3 is 2.94 bits per heavy atom. The summed E-state index contributed by atoms with van der Waals surface area (Å²) in [6, 6.07) is 0. The predicted octanol–water partition coefficient (Wildman–Crippen LogP) is 2.13. The van der Waals surface area contributed by atoms with E-state index >= 15 is 0 Å². The number of aromatic nitrogens is 2. The van der Waals surface area contributed by atoms with Gasteiger partial charge in [0.2, 0.25) is 5.89 Å². The second kappa shape index (κ2) is 4.53. The van der Waals surface area contributed by atoms with Crippen molar-refractivity contribution in [3.8, 4) is 0 Å². The van der Waals surface area contributed by atoms with Crippen molar-refractivity contribution in [3.05, 3.63) is 11.7 Å². The zero-order valence-corrected chi connectivity index (χ0v) is 10.4. The second-order valence-electron chi connectivity index (χ2n) is 5.34. The van der Waals surface area contributed by atoms with Crippen molar-refractivity contribution in [1.29, 1.82) is 0 Å². The normalized spacial score (nSPS) is 23.8. The van der Waals surface area contributed by atoms with Crippen molar-refractivity contribution in [2.24, 2.45) is 5.41 Å². The molecular weight excluding hydrogens is 202 g/mol. The first-order valence-electron chi connectivity index (χ1n) is 6.10. The SMILES string of the molecule is CNCCc1noc(C2CCCC2(C)C)n1. The van der Waals surface area contributed by atoms with E-state index in [4.69, 9.17) is 4.52 Å². The van der Waals surface area contributed by atoms with Crippen LogP contribution in [0.5, 0.6) is 0 Å². The van der Waals surface area contributed by atoms with Gasteiger partial charge in [-0.3, -0.25) is 0 Å². The van der Waals surface area contributed by atoms with Gasteiger partial charge in [0.05, 0.1) is 0 Å². The number of nitrogens with one attached hydrogen (secondary N) is 1. The van der Waals surface area contributed by atoms with Crippen LogP contribution in [-0.4, -0.2) is 23.7 Å². The Hall–Kier alpha value is -0.900. The molecule has 1 aromatic heterocycles. The van der Waals surface area contributed by atoms with Gasteiger partial charge < -0.3 is 9.84 Å². The molecule has 1 aliphatic carbocycles. The largest absolute Gasteiger partial charge is 0.339 e. The highest BCUT2D eigenvalue weighted by atomic mass is 16.5. The lowest BCUT2D eigenvalue weighted by molar-refractivity contribution is 0.260. The van der Waals surface area contributed by atoms with Gasteiger partial charge in [-0.15, -0.1) is 0 Å². The molecule has 0 saturated heterocycles. The van der Waals surface area contributed by atoms with E-state index in [9.17, 15) is 0 Å². The maximum absolute atomic E-state index is 5.39. The maximum atomic E-state index is 5.39. The molecule has 4 heteroatoms. The van der Waals surface area contributed by atoms with Crippen molar-refractivity contribution >= 4 is 0 Å². The first-order chi connectivity index (χ1) is 7.63. The molecule has 1 fully saturated rings. The molecule has 1 saturated carbocycles. The van der Waals surface area contributed by atoms with E-state index in [1.54, 1.807) is 0 Å². The molecule has 1 atom stereocenters. The van der Waals surface area contributed by atoms with Crippen molar-refractivity contribution in [2.75, 3.05) is 13.6 Å². The van der Waals surface area contributed by atoms with Crippen molar-refractivity contribution in [1.82, 2.24) is 15.5 Å². The predicted molar refractivity (Wildman–Crippen MR) is 62.3 cm³/mol. The summed E-state index contributed by atoms with van der Waals surface area (Å²) in [4.78, 5) is 4.51. The molecule has 2 rings (SSSR count). The van der Waals surface area contributed by atoms with E-state index in [0.717, 1.165) is 24.7 Å². The Balaban J connectivity index is 2.06. The van der Waals surface area contributed by atoms with Gasteiger partial charge in [0.15, 0.2) is 5.82 Å². The van der Waals surface area contributed by atoms with Crippen LogP contribution >= 0.6 is 0 Å². The van der Waals surface area contributed by atoms with Crippen LogP contribution in [0, 0.1) is 5.41 Å². The standard InChI is InChI=1S/C12H21N3O/c1-12(2)7-4-5-9(12)11-14-10(15-16-11)6-8-13-3/h9,13H,4-8H2,1-3H3. The lowest BCUT2D eigenvalue weighted by Crippen LogP contribution is -2.16. The summed E-state index contributed by atoms with van der Waals surface area (Å²) in [5.41, 5.74) is 0.312. The highest BCUT2D eigenvalue weighted by Crippen LogP contribution is 2.48. The summed E-state index contributed by atoms with van der Waals surface area (Å²) in [5.74, 6) is 2.11. The molecule has 0 radical (unpaired) electrons.